The molecule has 10 heavy (non-hydrogen) atoms. The normalized spacial score (nSPS) is 10.7. The van der Waals surface area contributed by atoms with E-state index >= 15 is 0 Å². The number of rotatable bonds is 3. The minimum atomic E-state index is -2.40. The monoisotopic (exact) mass is 146 g/mol. The fraction of sp³-hybridized carbons (Fsp3) is 0.500. The zero-order valence-electron chi connectivity index (χ0n) is 5.70. The Kier molecular flexibility index (Phi) is 3.05. The van der Waals surface area contributed by atoms with Crippen molar-refractivity contribution in [1.29, 1.82) is 0 Å². The first-order chi connectivity index (χ1) is 4.48. The van der Waals surface area contributed by atoms with E-state index in [1.807, 2.05) is 0 Å². The lowest BCUT2D eigenvalue weighted by Crippen LogP contribution is -2.36. The first-order valence-electron chi connectivity index (χ1n) is 2.71. The van der Waals surface area contributed by atoms with Crippen LogP contribution in [0.5, 0.6) is 0 Å². The SMILES string of the molecule is C=CCOC(=O)C(C)(O)O. The van der Waals surface area contributed by atoms with Crippen molar-refractivity contribution in [2.24, 2.45) is 0 Å². The lowest BCUT2D eigenvalue weighted by Gasteiger charge is -2.12. The van der Waals surface area contributed by atoms with E-state index < -0.39 is 11.8 Å². The molecule has 0 unspecified atom stereocenters. The molecule has 0 saturated heterocycles. The van der Waals surface area contributed by atoms with Gasteiger partial charge in [-0.15, -0.1) is 0 Å². The van der Waals surface area contributed by atoms with Gasteiger partial charge in [-0.1, -0.05) is 12.7 Å². The summed E-state index contributed by atoms with van der Waals surface area (Å²) in [5.74, 6) is -3.48. The predicted molar refractivity (Wildman–Crippen MR) is 34.0 cm³/mol. The van der Waals surface area contributed by atoms with Crippen LogP contribution in [0.15, 0.2) is 12.7 Å². The van der Waals surface area contributed by atoms with E-state index in [0.717, 1.165) is 6.92 Å². The zero-order chi connectivity index (χ0) is 8.20. The van der Waals surface area contributed by atoms with E-state index in [9.17, 15) is 4.79 Å². The van der Waals surface area contributed by atoms with Crippen LogP contribution in [0.4, 0.5) is 0 Å². The van der Waals surface area contributed by atoms with Crippen LogP contribution in [0.2, 0.25) is 0 Å². The van der Waals surface area contributed by atoms with E-state index in [2.05, 4.69) is 11.3 Å². The van der Waals surface area contributed by atoms with Crippen molar-refractivity contribution in [3.8, 4) is 0 Å². The molecule has 0 spiro atoms. The summed E-state index contributed by atoms with van der Waals surface area (Å²) in [6, 6.07) is 0. The van der Waals surface area contributed by atoms with Crippen LogP contribution in [0.1, 0.15) is 6.92 Å². The molecular weight excluding hydrogens is 136 g/mol. The van der Waals surface area contributed by atoms with E-state index in [1.54, 1.807) is 0 Å². The molecule has 0 aromatic carbocycles. The number of carbonyl (C=O) groups is 1. The van der Waals surface area contributed by atoms with Crippen LogP contribution in [0, 0.1) is 0 Å². The summed E-state index contributed by atoms with van der Waals surface area (Å²) in [7, 11) is 0. The summed E-state index contributed by atoms with van der Waals surface area (Å²) >= 11 is 0. The average molecular weight is 146 g/mol. The molecule has 0 saturated carbocycles. The summed E-state index contributed by atoms with van der Waals surface area (Å²) in [6.07, 6.45) is 1.34. The van der Waals surface area contributed by atoms with Gasteiger partial charge >= 0.3 is 5.97 Å². The van der Waals surface area contributed by atoms with Crippen molar-refractivity contribution in [2.45, 2.75) is 12.7 Å². The Bertz CT molecular complexity index is 133. The van der Waals surface area contributed by atoms with Gasteiger partial charge in [-0.05, 0) is 0 Å². The van der Waals surface area contributed by atoms with Gasteiger partial charge in [-0.2, -0.15) is 0 Å². The molecule has 0 aliphatic rings. The molecule has 58 valence electrons. The van der Waals surface area contributed by atoms with Crippen molar-refractivity contribution in [3.05, 3.63) is 12.7 Å². The van der Waals surface area contributed by atoms with Gasteiger partial charge in [-0.25, -0.2) is 4.79 Å². The largest absolute Gasteiger partial charge is 0.458 e. The molecule has 4 nitrogen and oxygen atoms in total. The van der Waals surface area contributed by atoms with Crippen molar-refractivity contribution in [3.63, 3.8) is 0 Å². The molecule has 4 heteroatoms. The fourth-order valence-corrected chi connectivity index (χ4v) is 0.271. The second kappa shape index (κ2) is 3.34. The summed E-state index contributed by atoms with van der Waals surface area (Å²) in [5, 5.41) is 17.1. The second-order valence-electron chi connectivity index (χ2n) is 1.91. The highest BCUT2D eigenvalue weighted by molar-refractivity contribution is 5.76. The topological polar surface area (TPSA) is 66.8 Å². The van der Waals surface area contributed by atoms with Crippen molar-refractivity contribution in [1.82, 2.24) is 0 Å². The van der Waals surface area contributed by atoms with Gasteiger partial charge in [0.25, 0.3) is 5.79 Å². The lowest BCUT2D eigenvalue weighted by molar-refractivity contribution is -0.201. The van der Waals surface area contributed by atoms with Gasteiger partial charge in [0.15, 0.2) is 0 Å². The highest BCUT2D eigenvalue weighted by Gasteiger charge is 2.27. The van der Waals surface area contributed by atoms with Crippen LogP contribution in [-0.2, 0) is 9.53 Å². The molecule has 0 amide bonds. The van der Waals surface area contributed by atoms with E-state index in [1.165, 1.54) is 6.08 Å². The Morgan fingerprint density at radius 2 is 2.30 bits per heavy atom. The Morgan fingerprint density at radius 3 is 2.60 bits per heavy atom. The predicted octanol–water partition coefficient (Wildman–Crippen LogP) is -0.584. The molecule has 0 rings (SSSR count). The number of hydrogen-bond acceptors (Lipinski definition) is 4. The molecule has 0 aromatic rings. The maximum atomic E-state index is 10.5. The van der Waals surface area contributed by atoms with Crippen molar-refractivity contribution in [2.75, 3.05) is 6.61 Å². The van der Waals surface area contributed by atoms with E-state index in [4.69, 9.17) is 10.2 Å². The summed E-state index contributed by atoms with van der Waals surface area (Å²) in [6.45, 7) is 4.18. The number of carbonyl (C=O) groups excluding carboxylic acids is 1. The Morgan fingerprint density at radius 1 is 1.80 bits per heavy atom. The Labute approximate surface area is 58.7 Å². The number of hydrogen-bond donors (Lipinski definition) is 2. The fourth-order valence-electron chi connectivity index (χ4n) is 0.271. The Hall–Kier alpha value is -0.870. The highest BCUT2D eigenvalue weighted by atomic mass is 16.6. The second-order valence-corrected chi connectivity index (χ2v) is 1.91. The van der Waals surface area contributed by atoms with Gasteiger partial charge < -0.3 is 14.9 Å². The molecule has 0 radical (unpaired) electrons. The standard InChI is InChI=1S/C6H10O4/c1-3-4-10-5(7)6(2,8)9/h3,8-9H,1,4H2,2H3. The third-order valence-electron chi connectivity index (χ3n) is 0.719. The van der Waals surface area contributed by atoms with E-state index in [-0.39, 0.29) is 6.61 Å². The first kappa shape index (κ1) is 9.13. The number of ether oxygens (including phenoxy) is 1. The highest BCUT2D eigenvalue weighted by Crippen LogP contribution is 1.99. The summed E-state index contributed by atoms with van der Waals surface area (Å²) in [4.78, 5) is 10.5. The third kappa shape index (κ3) is 3.21. The van der Waals surface area contributed by atoms with Crippen LogP contribution in [0.3, 0.4) is 0 Å². The minimum Gasteiger partial charge on any atom is -0.458 e. The molecule has 2 N–H and O–H groups in total. The van der Waals surface area contributed by atoms with Crippen LogP contribution < -0.4 is 0 Å². The first-order valence-corrected chi connectivity index (χ1v) is 2.71. The van der Waals surface area contributed by atoms with Crippen molar-refractivity contribution < 1.29 is 19.7 Å². The van der Waals surface area contributed by atoms with Crippen molar-refractivity contribution >= 4 is 5.97 Å². The van der Waals surface area contributed by atoms with Gasteiger partial charge in [0.05, 0.1) is 0 Å². The van der Waals surface area contributed by atoms with Gasteiger partial charge in [-0.3, -0.25) is 0 Å². The zero-order valence-corrected chi connectivity index (χ0v) is 5.70. The average Bonchev–Trinajstić information content (AvgIpc) is 1.80. The summed E-state index contributed by atoms with van der Waals surface area (Å²) < 4.78 is 4.30. The smallest absolute Gasteiger partial charge is 0.366 e. The van der Waals surface area contributed by atoms with Crippen LogP contribution in [-0.4, -0.2) is 28.6 Å². The molecule has 0 aliphatic heterocycles. The van der Waals surface area contributed by atoms with Crippen LogP contribution >= 0.6 is 0 Å². The van der Waals surface area contributed by atoms with E-state index in [0.29, 0.717) is 0 Å². The minimum absolute atomic E-state index is 0.0183. The van der Waals surface area contributed by atoms with Gasteiger partial charge in [0, 0.05) is 6.92 Å². The number of esters is 1. The van der Waals surface area contributed by atoms with Gasteiger partial charge in [0.2, 0.25) is 0 Å². The third-order valence-corrected chi connectivity index (χ3v) is 0.719. The molecule has 0 bridgehead atoms. The lowest BCUT2D eigenvalue weighted by atomic mass is 10.3. The molecule has 0 aliphatic carbocycles. The molecule has 0 aromatic heterocycles. The number of aliphatic hydroxyl groups is 2. The maximum Gasteiger partial charge on any atom is 0.366 e. The molecule has 0 fully saturated rings. The summed E-state index contributed by atoms with van der Waals surface area (Å²) in [5.41, 5.74) is 0. The quantitative estimate of drug-likeness (QED) is 0.317. The maximum absolute atomic E-state index is 10.5. The van der Waals surface area contributed by atoms with Crippen LogP contribution in [0.25, 0.3) is 0 Å². The molecular formula is C6H10O4. The Balaban J connectivity index is 3.74. The molecule has 0 atom stereocenters. The molecule has 0 heterocycles. The van der Waals surface area contributed by atoms with Gasteiger partial charge in [0.1, 0.15) is 6.61 Å².